The Labute approximate surface area is 166 Å². The highest BCUT2D eigenvalue weighted by Gasteiger charge is 2.15. The minimum Gasteiger partial charge on any atom is -0.495 e. The molecular formula is C21H21N3O3S. The third kappa shape index (κ3) is 4.55. The molecule has 0 saturated carbocycles. The second-order valence-corrected chi connectivity index (χ2v) is 7.43. The molecule has 7 heteroatoms. The lowest BCUT2D eigenvalue weighted by Gasteiger charge is -2.13. The molecule has 0 radical (unpaired) electrons. The van der Waals surface area contributed by atoms with E-state index >= 15 is 0 Å². The van der Waals surface area contributed by atoms with Crippen LogP contribution in [0.3, 0.4) is 0 Å². The number of pyridine rings is 1. The molecule has 3 rings (SSSR count). The van der Waals surface area contributed by atoms with Gasteiger partial charge in [-0.2, -0.15) is 0 Å². The maximum Gasteiger partial charge on any atom is 0.257 e. The van der Waals surface area contributed by atoms with Crippen molar-refractivity contribution >= 4 is 28.3 Å². The number of hydrogen-bond acceptors (Lipinski definition) is 4. The number of aromatic nitrogens is 1. The Bertz CT molecular complexity index is 1020. The van der Waals surface area contributed by atoms with Crippen molar-refractivity contribution in [2.24, 2.45) is 0 Å². The number of carbonyl (C=O) groups is 1. The molecule has 0 bridgehead atoms. The van der Waals surface area contributed by atoms with Crippen molar-refractivity contribution in [2.45, 2.75) is 18.7 Å². The van der Waals surface area contributed by atoms with Crippen LogP contribution in [0.5, 0.6) is 5.75 Å². The summed E-state index contributed by atoms with van der Waals surface area (Å²) in [6, 6.07) is 14.4. The minimum atomic E-state index is -1.57. The van der Waals surface area contributed by atoms with Crippen molar-refractivity contribution in [3.63, 3.8) is 0 Å². The first-order valence-corrected chi connectivity index (χ1v) is 9.78. The van der Waals surface area contributed by atoms with Gasteiger partial charge in [-0.3, -0.25) is 9.78 Å². The summed E-state index contributed by atoms with van der Waals surface area (Å²) in [5.41, 5.74) is 3.67. The van der Waals surface area contributed by atoms with Crippen molar-refractivity contribution in [2.75, 3.05) is 17.1 Å². The molecule has 1 amide bonds. The van der Waals surface area contributed by atoms with Gasteiger partial charge in [0.25, 0.3) is 5.91 Å². The summed E-state index contributed by atoms with van der Waals surface area (Å²) >= 11 is 0. The Kier molecular flexibility index (Phi) is 6.06. The van der Waals surface area contributed by atoms with E-state index < -0.39 is 11.0 Å². The predicted octanol–water partition coefficient (Wildman–Crippen LogP) is 4.09. The van der Waals surface area contributed by atoms with Crippen molar-refractivity contribution in [3.05, 3.63) is 77.6 Å². The quantitative estimate of drug-likeness (QED) is 0.659. The second kappa shape index (κ2) is 8.67. The Hall–Kier alpha value is -3.19. The van der Waals surface area contributed by atoms with Gasteiger partial charge in [0.2, 0.25) is 0 Å². The second-order valence-electron chi connectivity index (χ2n) is 6.25. The molecule has 1 heterocycles. The fourth-order valence-corrected chi connectivity index (χ4v) is 3.61. The summed E-state index contributed by atoms with van der Waals surface area (Å²) < 4.78 is 21.1. The molecule has 1 atom stereocenters. The highest BCUT2D eigenvalue weighted by molar-refractivity contribution is 7.86. The van der Waals surface area contributed by atoms with Crippen LogP contribution >= 0.6 is 0 Å². The van der Waals surface area contributed by atoms with Gasteiger partial charge in [0.1, 0.15) is 10.6 Å². The summed E-state index contributed by atoms with van der Waals surface area (Å²) in [5, 5.41) is 2.82. The molecule has 1 unspecified atom stereocenters. The molecule has 2 N–H and O–H groups in total. The number of amides is 1. The fraction of sp³-hybridized carbons (Fsp3) is 0.143. The van der Waals surface area contributed by atoms with E-state index in [9.17, 15) is 9.00 Å². The number of methoxy groups -OCH3 is 1. The van der Waals surface area contributed by atoms with Crippen LogP contribution in [0.1, 0.15) is 21.5 Å². The summed E-state index contributed by atoms with van der Waals surface area (Å²) in [5.74, 6) is 0.187. The van der Waals surface area contributed by atoms with Gasteiger partial charge in [0.15, 0.2) is 11.0 Å². The van der Waals surface area contributed by atoms with Crippen LogP contribution in [0, 0.1) is 13.8 Å². The number of hydrogen-bond donors (Lipinski definition) is 2. The van der Waals surface area contributed by atoms with Gasteiger partial charge in [-0.1, -0.05) is 17.7 Å². The van der Waals surface area contributed by atoms with E-state index in [2.05, 4.69) is 15.0 Å². The molecule has 144 valence electrons. The van der Waals surface area contributed by atoms with Crippen LogP contribution in [-0.2, 0) is 11.0 Å². The Morgan fingerprint density at radius 1 is 1.04 bits per heavy atom. The predicted molar refractivity (Wildman–Crippen MR) is 111 cm³/mol. The molecule has 0 aliphatic rings. The molecule has 0 saturated heterocycles. The van der Waals surface area contributed by atoms with Crippen LogP contribution in [0.15, 0.2) is 65.8 Å². The number of nitrogens with one attached hydrogen (secondary N) is 2. The summed E-state index contributed by atoms with van der Waals surface area (Å²) in [6.07, 6.45) is 3.16. The first-order chi connectivity index (χ1) is 13.5. The van der Waals surface area contributed by atoms with E-state index in [1.54, 1.807) is 30.5 Å². The van der Waals surface area contributed by atoms with Gasteiger partial charge < -0.3 is 14.8 Å². The van der Waals surface area contributed by atoms with E-state index in [1.165, 1.54) is 13.3 Å². The largest absolute Gasteiger partial charge is 0.495 e. The Balaban J connectivity index is 1.83. The number of anilines is 2. The van der Waals surface area contributed by atoms with Crippen molar-refractivity contribution < 1.29 is 13.7 Å². The van der Waals surface area contributed by atoms with Gasteiger partial charge in [0, 0.05) is 23.8 Å². The monoisotopic (exact) mass is 395 g/mol. The molecule has 2 aromatic carbocycles. The normalized spacial score (nSPS) is 11.5. The van der Waals surface area contributed by atoms with Gasteiger partial charge in [-0.05, 0) is 55.8 Å². The maximum atomic E-state index is 12.8. The lowest BCUT2D eigenvalue weighted by Crippen LogP contribution is -2.14. The standard InChI is InChI=1S/C21H21N3O3S/c1-14-4-6-16(7-5-14)24-28(26)20-12-17(8-9-19(20)27-3)23-21(25)18-13-22-11-10-15(18)2/h4-13,24H,1-3H3,(H,23,25). The van der Waals surface area contributed by atoms with E-state index in [-0.39, 0.29) is 5.91 Å². The molecule has 0 spiro atoms. The SMILES string of the molecule is COc1ccc(NC(=O)c2cnccc2C)cc1S(=O)Nc1ccc(C)cc1. The highest BCUT2D eigenvalue weighted by atomic mass is 32.2. The Morgan fingerprint density at radius 3 is 2.43 bits per heavy atom. The van der Waals surface area contributed by atoms with E-state index in [0.29, 0.717) is 21.9 Å². The molecule has 28 heavy (non-hydrogen) atoms. The molecular weight excluding hydrogens is 374 g/mol. The maximum absolute atomic E-state index is 12.8. The van der Waals surface area contributed by atoms with E-state index in [1.807, 2.05) is 38.1 Å². The van der Waals surface area contributed by atoms with Crippen LogP contribution < -0.4 is 14.8 Å². The van der Waals surface area contributed by atoms with Gasteiger partial charge in [-0.15, -0.1) is 0 Å². The smallest absolute Gasteiger partial charge is 0.257 e. The molecule has 1 aromatic heterocycles. The topological polar surface area (TPSA) is 80.3 Å². The third-order valence-electron chi connectivity index (χ3n) is 4.17. The number of nitrogens with zero attached hydrogens (tertiary/aromatic N) is 1. The first kappa shape index (κ1) is 19.6. The van der Waals surface area contributed by atoms with E-state index in [4.69, 9.17) is 4.74 Å². The lowest BCUT2D eigenvalue weighted by atomic mass is 10.1. The van der Waals surface area contributed by atoms with Crippen molar-refractivity contribution in [1.82, 2.24) is 4.98 Å². The van der Waals surface area contributed by atoms with Crippen LogP contribution in [-0.4, -0.2) is 22.2 Å². The number of aryl methyl sites for hydroxylation is 2. The zero-order valence-electron chi connectivity index (χ0n) is 15.9. The molecule has 3 aromatic rings. The highest BCUT2D eigenvalue weighted by Crippen LogP contribution is 2.27. The van der Waals surface area contributed by atoms with Gasteiger partial charge in [-0.25, -0.2) is 4.21 Å². The van der Waals surface area contributed by atoms with Crippen molar-refractivity contribution in [3.8, 4) is 5.75 Å². The molecule has 6 nitrogen and oxygen atoms in total. The molecule has 0 aliphatic carbocycles. The van der Waals surface area contributed by atoms with Gasteiger partial charge in [0.05, 0.1) is 12.7 Å². The first-order valence-electron chi connectivity index (χ1n) is 8.63. The van der Waals surface area contributed by atoms with Crippen LogP contribution in [0.25, 0.3) is 0 Å². The number of rotatable bonds is 6. The summed E-state index contributed by atoms with van der Waals surface area (Å²) in [6.45, 7) is 3.83. The lowest BCUT2D eigenvalue weighted by molar-refractivity contribution is 0.102. The molecule has 0 fully saturated rings. The Morgan fingerprint density at radius 2 is 1.75 bits per heavy atom. The van der Waals surface area contributed by atoms with Crippen molar-refractivity contribution in [1.29, 1.82) is 0 Å². The third-order valence-corrected chi connectivity index (χ3v) is 5.31. The number of carbonyl (C=O) groups excluding carboxylic acids is 1. The molecule has 0 aliphatic heterocycles. The summed E-state index contributed by atoms with van der Waals surface area (Å²) in [7, 11) is -0.0520. The van der Waals surface area contributed by atoms with Gasteiger partial charge >= 0.3 is 0 Å². The minimum absolute atomic E-state index is 0.279. The average molecular weight is 395 g/mol. The zero-order valence-corrected chi connectivity index (χ0v) is 16.7. The summed E-state index contributed by atoms with van der Waals surface area (Å²) in [4.78, 5) is 16.9. The van der Waals surface area contributed by atoms with Crippen LogP contribution in [0.4, 0.5) is 11.4 Å². The fourth-order valence-electron chi connectivity index (χ4n) is 2.58. The van der Waals surface area contributed by atoms with E-state index in [0.717, 1.165) is 16.8 Å². The number of benzene rings is 2. The average Bonchev–Trinajstić information content (AvgIpc) is 2.70. The zero-order chi connectivity index (χ0) is 20.1. The number of ether oxygens (including phenoxy) is 1. The van der Waals surface area contributed by atoms with Crippen LogP contribution in [0.2, 0.25) is 0 Å².